The zero-order valence-electron chi connectivity index (χ0n) is 11.4. The Morgan fingerprint density at radius 3 is 0.571 bits per heavy atom. The molecule has 12 nitrogen and oxygen atoms in total. The van der Waals surface area contributed by atoms with Crippen LogP contribution in [-0.4, -0.2) is 28.4 Å². The molecule has 4 unspecified atom stereocenters. The van der Waals surface area contributed by atoms with Crippen molar-refractivity contribution in [3.8, 4) is 0 Å². The molecular weight excluding hydrogens is 455 g/mol. The van der Waals surface area contributed by atoms with Gasteiger partial charge in [0.2, 0.25) is 0 Å². The normalized spacial score (nSPS) is 14.1. The van der Waals surface area contributed by atoms with Crippen molar-refractivity contribution in [3.63, 3.8) is 0 Å². The van der Waals surface area contributed by atoms with Crippen LogP contribution in [0.25, 0.3) is 0 Å². The molecule has 0 bridgehead atoms. The van der Waals surface area contributed by atoms with E-state index in [1.54, 1.807) is 0 Å². The van der Waals surface area contributed by atoms with Crippen LogP contribution < -0.4 is 19.6 Å². The quantitative estimate of drug-likeness (QED) is 0.392. The monoisotopic (exact) mass is 470 g/mol. The fourth-order valence-electron chi connectivity index (χ4n) is 0. The maximum Gasteiger partial charge on any atom is 4.00 e. The molecule has 0 aromatic heterocycles. The minimum absolute atomic E-state index is 0. The van der Waals surface area contributed by atoms with E-state index >= 15 is 0 Å². The van der Waals surface area contributed by atoms with Crippen molar-refractivity contribution >= 4 is 33.0 Å². The van der Waals surface area contributed by atoms with Gasteiger partial charge in [-0.25, -0.2) is 0 Å². The second kappa shape index (κ2) is 29.5. The first-order valence-corrected chi connectivity index (χ1v) is 8.98. The van der Waals surface area contributed by atoms with Gasteiger partial charge in [-0.1, -0.05) is 0 Å². The maximum atomic E-state index is 9.22. The SMILES string of the molecule is CO[PH](=O)[O-].CO[PH](=O)[O-].CO[PH](=O)[O-].CO[PH](=O)[O-].[Zr+4]. The number of hydrogen-bond donors (Lipinski definition) is 0. The molecule has 0 N–H and O–H groups in total. The second-order valence-electron chi connectivity index (χ2n) is 1.82. The molecule has 0 aromatic rings. The van der Waals surface area contributed by atoms with Crippen molar-refractivity contribution < 1.29 is 82.1 Å². The zero-order chi connectivity index (χ0) is 17.1. The summed E-state index contributed by atoms with van der Waals surface area (Å²) in [5.41, 5.74) is 0. The molecule has 0 fully saturated rings. The second-order valence-corrected chi connectivity index (χ2v) is 5.45. The van der Waals surface area contributed by atoms with Crippen LogP contribution >= 0.6 is 33.0 Å². The van der Waals surface area contributed by atoms with Crippen molar-refractivity contribution in [2.75, 3.05) is 28.4 Å². The molecule has 0 aromatic carbocycles. The van der Waals surface area contributed by atoms with Gasteiger partial charge in [0.15, 0.2) is 0 Å². The first kappa shape index (κ1) is 33.9. The van der Waals surface area contributed by atoms with Gasteiger partial charge in [-0.2, -0.15) is 0 Å². The van der Waals surface area contributed by atoms with Crippen molar-refractivity contribution in [1.82, 2.24) is 0 Å². The van der Waals surface area contributed by atoms with Gasteiger partial charge in [-0.05, 0) is 0 Å². The first-order valence-electron chi connectivity index (χ1n) is 4.08. The summed E-state index contributed by atoms with van der Waals surface area (Å²) in [6.07, 6.45) is 0. The van der Waals surface area contributed by atoms with E-state index < -0.39 is 33.0 Å². The Labute approximate surface area is 143 Å². The van der Waals surface area contributed by atoms with Crippen LogP contribution in [0.15, 0.2) is 0 Å². The average molecular weight is 471 g/mol. The molecule has 0 aliphatic rings. The summed E-state index contributed by atoms with van der Waals surface area (Å²) < 4.78 is 51.8. The van der Waals surface area contributed by atoms with E-state index in [-0.39, 0.29) is 26.2 Å². The van der Waals surface area contributed by atoms with Gasteiger partial charge in [-0.3, -0.25) is 0 Å². The zero-order valence-corrected chi connectivity index (χ0v) is 17.9. The van der Waals surface area contributed by atoms with Crippen molar-refractivity contribution in [2.45, 2.75) is 0 Å². The third-order valence-corrected chi connectivity index (χ3v) is 2.00. The molecule has 17 heteroatoms. The van der Waals surface area contributed by atoms with Crippen LogP contribution in [-0.2, 0) is 62.6 Å². The van der Waals surface area contributed by atoms with Crippen LogP contribution in [0.2, 0.25) is 0 Å². The fourth-order valence-corrected chi connectivity index (χ4v) is 0. The molecule has 0 radical (unpaired) electrons. The Kier molecular flexibility index (Phi) is 47.7. The Morgan fingerprint density at radius 2 is 0.571 bits per heavy atom. The third kappa shape index (κ3) is 90.7. The van der Waals surface area contributed by atoms with Gasteiger partial charge in [0.25, 0.3) is 0 Å². The Balaban J connectivity index is -0.0000000533. The molecule has 0 aliphatic heterocycles. The molecule has 0 rings (SSSR count). The molecule has 128 valence electrons. The molecule has 0 saturated carbocycles. The van der Waals surface area contributed by atoms with E-state index in [1.165, 1.54) is 0 Å². The average Bonchev–Trinajstić information content (AvgIpc) is 2.40. The van der Waals surface area contributed by atoms with Crippen LogP contribution in [0.3, 0.4) is 0 Å². The Morgan fingerprint density at radius 1 is 0.524 bits per heavy atom. The number of rotatable bonds is 4. The summed E-state index contributed by atoms with van der Waals surface area (Å²) >= 11 is 0. The Bertz CT molecular complexity index is 230. The number of hydrogen-bond acceptors (Lipinski definition) is 12. The summed E-state index contributed by atoms with van der Waals surface area (Å²) in [6, 6.07) is 0. The Hall–Kier alpha value is 1.48. The summed E-state index contributed by atoms with van der Waals surface area (Å²) in [5.74, 6) is 0. The van der Waals surface area contributed by atoms with E-state index in [2.05, 4.69) is 18.1 Å². The molecule has 0 spiro atoms. The topological polar surface area (TPSA) is 197 Å². The van der Waals surface area contributed by atoms with Gasteiger partial charge in [0.05, 0.1) is 0 Å². The van der Waals surface area contributed by atoms with E-state index in [4.69, 9.17) is 0 Å². The standard InChI is InChI=1S/4CH5O3P.Zr/c4*1-4-5(2)3;/h4*5H,1H3,(H,2,3);/q;;;;+4/p-4. The minimum atomic E-state index is -2.87. The molecule has 0 heterocycles. The smallest absolute Gasteiger partial charge is 0.781 e. The van der Waals surface area contributed by atoms with Gasteiger partial charge in [-0.15, -0.1) is 0 Å². The maximum absolute atomic E-state index is 9.22. The first-order chi connectivity index (χ1) is 9.08. The van der Waals surface area contributed by atoms with E-state index in [1.807, 2.05) is 0 Å². The summed E-state index contributed by atoms with van der Waals surface area (Å²) in [4.78, 5) is 36.9. The van der Waals surface area contributed by atoms with Crippen molar-refractivity contribution in [2.24, 2.45) is 0 Å². The van der Waals surface area contributed by atoms with Crippen molar-refractivity contribution in [1.29, 1.82) is 0 Å². The summed E-state index contributed by atoms with van der Waals surface area (Å²) in [6.45, 7) is 0. The van der Waals surface area contributed by atoms with Gasteiger partial charge in [0.1, 0.15) is 33.0 Å². The molecule has 0 amide bonds. The molecular formula is C4H16O12P4Zr. The van der Waals surface area contributed by atoms with Gasteiger partial charge >= 0.3 is 26.2 Å². The predicted octanol–water partition coefficient (Wildman–Crippen LogP) is -2.47. The third-order valence-electron chi connectivity index (χ3n) is 0.667. The van der Waals surface area contributed by atoms with Gasteiger partial charge in [0, 0.05) is 28.4 Å². The molecule has 0 saturated heterocycles. The van der Waals surface area contributed by atoms with Crippen LogP contribution in [0, 0.1) is 0 Å². The molecule has 21 heavy (non-hydrogen) atoms. The van der Waals surface area contributed by atoms with Crippen molar-refractivity contribution in [3.05, 3.63) is 0 Å². The van der Waals surface area contributed by atoms with Crippen LogP contribution in [0.1, 0.15) is 0 Å². The van der Waals surface area contributed by atoms with E-state index in [0.717, 1.165) is 28.4 Å². The minimum Gasteiger partial charge on any atom is -0.781 e. The predicted molar refractivity (Wildman–Crippen MR) is 64.0 cm³/mol. The summed E-state index contributed by atoms with van der Waals surface area (Å²) in [5, 5.41) is 0. The molecule has 0 aliphatic carbocycles. The van der Waals surface area contributed by atoms with Crippen LogP contribution in [0.5, 0.6) is 0 Å². The van der Waals surface area contributed by atoms with E-state index in [9.17, 15) is 37.8 Å². The van der Waals surface area contributed by atoms with Gasteiger partial charge < -0.3 is 55.9 Å². The fraction of sp³-hybridized carbons (Fsp3) is 1.00. The largest absolute Gasteiger partial charge is 4.00 e. The van der Waals surface area contributed by atoms with Crippen LogP contribution in [0.4, 0.5) is 0 Å². The van der Waals surface area contributed by atoms with E-state index in [0.29, 0.717) is 0 Å². The summed E-state index contributed by atoms with van der Waals surface area (Å²) in [7, 11) is -7.02. The molecule has 4 atom stereocenters.